The molecule has 3 rings (SSSR count). The second-order valence-corrected chi connectivity index (χ2v) is 6.91. The minimum absolute atomic E-state index is 0.309. The summed E-state index contributed by atoms with van der Waals surface area (Å²) in [6.45, 7) is 1.88. The number of anilines is 1. The Hall–Kier alpha value is -3.26. The highest BCUT2D eigenvalue weighted by Gasteiger charge is 2.18. The molecule has 1 aromatic heterocycles. The molecule has 1 amide bonds. The molecule has 0 aliphatic rings. The Morgan fingerprint density at radius 3 is 2.31 bits per heavy atom. The van der Waals surface area contributed by atoms with Gasteiger partial charge in [0.2, 0.25) is 0 Å². The summed E-state index contributed by atoms with van der Waals surface area (Å²) in [6, 6.07) is 9.07. The van der Waals surface area contributed by atoms with Gasteiger partial charge in [0.05, 0.1) is 34.0 Å². The quantitative estimate of drug-likeness (QED) is 0.617. The number of thiazole rings is 1. The molecule has 0 atom stereocenters. The number of nitrogens with zero attached hydrogens (tertiary/aromatic N) is 1. The van der Waals surface area contributed by atoms with Gasteiger partial charge in [0, 0.05) is 17.1 Å². The smallest absolute Gasteiger partial charge is 0.275 e. The molecule has 152 valence electrons. The number of carbonyl (C=O) groups is 1. The van der Waals surface area contributed by atoms with Crippen molar-refractivity contribution in [3.8, 4) is 33.6 Å². The molecule has 0 unspecified atom stereocenters. The Labute approximate surface area is 173 Å². The van der Waals surface area contributed by atoms with Crippen molar-refractivity contribution in [2.45, 2.75) is 6.92 Å². The number of rotatable bonds is 7. The van der Waals surface area contributed by atoms with Gasteiger partial charge in [-0.25, -0.2) is 4.98 Å². The molecule has 0 saturated carbocycles. The second kappa shape index (κ2) is 8.83. The normalized spacial score (nSPS) is 10.4. The predicted molar refractivity (Wildman–Crippen MR) is 113 cm³/mol. The zero-order valence-electron chi connectivity index (χ0n) is 16.9. The molecule has 0 bridgehead atoms. The van der Waals surface area contributed by atoms with Crippen molar-refractivity contribution in [1.29, 1.82) is 0 Å². The van der Waals surface area contributed by atoms with Crippen molar-refractivity contribution in [2.75, 3.05) is 33.8 Å². The summed E-state index contributed by atoms with van der Waals surface area (Å²) < 4.78 is 21.4. The number of methoxy groups -OCH3 is 4. The van der Waals surface area contributed by atoms with Crippen molar-refractivity contribution in [1.82, 2.24) is 4.98 Å². The SMILES string of the molecule is COc1cc(C)c(NC(=O)c2csc(-c3cccc(OC)c3OC)n2)cc1OC. The maximum absolute atomic E-state index is 12.7. The van der Waals surface area contributed by atoms with Crippen molar-refractivity contribution in [3.63, 3.8) is 0 Å². The van der Waals surface area contributed by atoms with E-state index in [2.05, 4.69) is 10.3 Å². The Bertz CT molecular complexity index is 1030. The predicted octanol–water partition coefficient (Wildman–Crippen LogP) is 4.41. The summed E-state index contributed by atoms with van der Waals surface area (Å²) in [4.78, 5) is 17.2. The molecule has 0 fully saturated rings. The van der Waals surface area contributed by atoms with Gasteiger partial charge < -0.3 is 24.3 Å². The highest BCUT2D eigenvalue weighted by atomic mass is 32.1. The number of hydrogen-bond donors (Lipinski definition) is 1. The van der Waals surface area contributed by atoms with Crippen LogP contribution in [-0.2, 0) is 0 Å². The number of ether oxygens (including phenoxy) is 4. The van der Waals surface area contributed by atoms with Gasteiger partial charge in [-0.1, -0.05) is 6.07 Å². The number of hydrogen-bond acceptors (Lipinski definition) is 7. The Kier molecular flexibility index (Phi) is 6.23. The zero-order valence-corrected chi connectivity index (χ0v) is 17.7. The average Bonchev–Trinajstić information content (AvgIpc) is 3.24. The van der Waals surface area contributed by atoms with Crippen molar-refractivity contribution >= 4 is 22.9 Å². The number of nitrogens with one attached hydrogen (secondary N) is 1. The van der Waals surface area contributed by atoms with Crippen LogP contribution < -0.4 is 24.3 Å². The minimum Gasteiger partial charge on any atom is -0.493 e. The molecule has 7 nitrogen and oxygen atoms in total. The van der Waals surface area contributed by atoms with E-state index in [-0.39, 0.29) is 5.91 Å². The van der Waals surface area contributed by atoms with Crippen LogP contribution in [0.25, 0.3) is 10.6 Å². The summed E-state index contributed by atoms with van der Waals surface area (Å²) in [7, 11) is 6.27. The number of aromatic nitrogens is 1. The molecule has 0 saturated heterocycles. The van der Waals surface area contributed by atoms with Crippen LogP contribution in [0, 0.1) is 6.92 Å². The van der Waals surface area contributed by atoms with Crippen molar-refractivity contribution in [2.24, 2.45) is 0 Å². The third-order valence-corrected chi connectivity index (χ3v) is 5.22. The lowest BCUT2D eigenvalue weighted by molar-refractivity contribution is 0.102. The van der Waals surface area contributed by atoms with Crippen LogP contribution >= 0.6 is 11.3 Å². The van der Waals surface area contributed by atoms with E-state index in [4.69, 9.17) is 18.9 Å². The third-order valence-electron chi connectivity index (χ3n) is 4.35. The summed E-state index contributed by atoms with van der Waals surface area (Å²) in [5.41, 5.74) is 2.55. The first-order valence-corrected chi connectivity index (χ1v) is 9.61. The molecule has 8 heteroatoms. The lowest BCUT2D eigenvalue weighted by atomic mass is 10.1. The largest absolute Gasteiger partial charge is 0.493 e. The van der Waals surface area contributed by atoms with Crippen LogP contribution in [0.5, 0.6) is 23.0 Å². The van der Waals surface area contributed by atoms with Gasteiger partial charge in [-0.05, 0) is 30.7 Å². The van der Waals surface area contributed by atoms with Gasteiger partial charge in [0.1, 0.15) is 10.7 Å². The van der Waals surface area contributed by atoms with Gasteiger partial charge in [-0.3, -0.25) is 4.79 Å². The topological polar surface area (TPSA) is 78.9 Å². The van der Waals surface area contributed by atoms with Gasteiger partial charge in [-0.15, -0.1) is 11.3 Å². The first kappa shape index (κ1) is 20.5. The standard InChI is InChI=1S/C21H22N2O5S/c1-12-9-17(26-3)18(27-4)10-14(12)22-20(24)15-11-29-21(23-15)13-7-6-8-16(25-2)19(13)28-5/h6-11H,1-5H3,(H,22,24). The molecule has 3 aromatic rings. The fraction of sp³-hybridized carbons (Fsp3) is 0.238. The van der Waals surface area contributed by atoms with Crippen molar-refractivity contribution < 1.29 is 23.7 Å². The summed E-state index contributed by atoms with van der Waals surface area (Å²) in [5, 5.41) is 5.25. The van der Waals surface area contributed by atoms with Gasteiger partial charge in [0.25, 0.3) is 5.91 Å². The first-order chi connectivity index (χ1) is 14.0. The molecule has 29 heavy (non-hydrogen) atoms. The Morgan fingerprint density at radius 1 is 0.966 bits per heavy atom. The van der Waals surface area contributed by atoms with Gasteiger partial charge in [-0.2, -0.15) is 0 Å². The summed E-state index contributed by atoms with van der Waals surface area (Å²) in [5.74, 6) is 2.00. The monoisotopic (exact) mass is 414 g/mol. The zero-order chi connectivity index (χ0) is 21.0. The summed E-state index contributed by atoms with van der Waals surface area (Å²) in [6.07, 6.45) is 0. The van der Waals surface area contributed by atoms with Crippen LogP contribution in [0.3, 0.4) is 0 Å². The van der Waals surface area contributed by atoms with E-state index in [0.29, 0.717) is 39.4 Å². The Balaban J connectivity index is 1.88. The van der Waals surface area contributed by atoms with Gasteiger partial charge >= 0.3 is 0 Å². The minimum atomic E-state index is -0.315. The maximum atomic E-state index is 12.7. The maximum Gasteiger partial charge on any atom is 0.275 e. The lowest BCUT2D eigenvalue weighted by Crippen LogP contribution is -2.13. The van der Waals surface area contributed by atoms with E-state index >= 15 is 0 Å². The fourth-order valence-corrected chi connectivity index (χ4v) is 3.68. The van der Waals surface area contributed by atoms with Crippen molar-refractivity contribution in [3.05, 3.63) is 47.0 Å². The third kappa shape index (κ3) is 4.12. The van der Waals surface area contributed by atoms with E-state index in [0.717, 1.165) is 11.1 Å². The van der Waals surface area contributed by atoms with E-state index in [1.165, 1.54) is 11.3 Å². The highest BCUT2D eigenvalue weighted by Crippen LogP contribution is 2.39. The molecule has 1 heterocycles. The van der Waals surface area contributed by atoms with E-state index in [1.807, 2.05) is 31.2 Å². The molecule has 0 radical (unpaired) electrons. The summed E-state index contributed by atoms with van der Waals surface area (Å²) >= 11 is 1.36. The second-order valence-electron chi connectivity index (χ2n) is 6.06. The molecule has 0 aliphatic carbocycles. The number of amides is 1. The Morgan fingerprint density at radius 2 is 1.66 bits per heavy atom. The van der Waals surface area contributed by atoms with Crippen LogP contribution in [0.4, 0.5) is 5.69 Å². The molecule has 2 aromatic carbocycles. The number of para-hydroxylation sites is 1. The highest BCUT2D eigenvalue weighted by molar-refractivity contribution is 7.13. The number of aryl methyl sites for hydroxylation is 1. The van der Waals surface area contributed by atoms with Crippen LogP contribution in [0.2, 0.25) is 0 Å². The first-order valence-electron chi connectivity index (χ1n) is 8.73. The molecule has 0 aliphatic heterocycles. The van der Waals surface area contributed by atoms with Crippen LogP contribution in [0.1, 0.15) is 16.1 Å². The number of benzene rings is 2. The fourth-order valence-electron chi connectivity index (χ4n) is 2.86. The van der Waals surface area contributed by atoms with E-state index in [1.54, 1.807) is 39.9 Å². The van der Waals surface area contributed by atoms with Gasteiger partial charge in [0.15, 0.2) is 23.0 Å². The molecule has 1 N–H and O–H groups in total. The van der Waals surface area contributed by atoms with E-state index < -0.39 is 0 Å². The lowest BCUT2D eigenvalue weighted by Gasteiger charge is -2.13. The number of carbonyl (C=O) groups excluding carboxylic acids is 1. The molecular weight excluding hydrogens is 392 g/mol. The average molecular weight is 414 g/mol. The molecular formula is C21H22N2O5S. The van der Waals surface area contributed by atoms with Crippen LogP contribution in [0.15, 0.2) is 35.7 Å². The molecule has 0 spiro atoms. The van der Waals surface area contributed by atoms with Crippen LogP contribution in [-0.4, -0.2) is 39.3 Å². The van der Waals surface area contributed by atoms with E-state index in [9.17, 15) is 4.79 Å².